The molecule has 14 heteroatoms. The number of nitrogens with one attached hydrogen (secondary N) is 1. The van der Waals surface area contributed by atoms with Gasteiger partial charge in [0.2, 0.25) is 21.2 Å². The van der Waals surface area contributed by atoms with Crippen LogP contribution < -0.4 is 14.8 Å². The number of benzene rings is 1. The number of hydrogen-bond donors (Lipinski definition) is 1. The third kappa shape index (κ3) is 6.04. The monoisotopic (exact) mass is 664 g/mol. The number of ether oxygens (including phenoxy) is 2. The second-order valence-corrected chi connectivity index (χ2v) is 12.6. The summed E-state index contributed by atoms with van der Waals surface area (Å²) in [4.78, 5) is 25.7. The summed E-state index contributed by atoms with van der Waals surface area (Å²) in [7, 11) is -4.35. The maximum Gasteiger partial charge on any atom is 0.388 e. The summed E-state index contributed by atoms with van der Waals surface area (Å²) >= 11 is 3.22. The van der Waals surface area contributed by atoms with E-state index in [-0.39, 0.29) is 52.7 Å². The number of hydrogen-bond acceptors (Lipinski definition) is 8. The average molecular weight is 665 g/mol. The van der Waals surface area contributed by atoms with Crippen molar-refractivity contribution in [2.45, 2.75) is 49.7 Å². The van der Waals surface area contributed by atoms with Gasteiger partial charge in [0.25, 0.3) is 5.91 Å². The smallest absolute Gasteiger partial charge is 0.388 e. The Morgan fingerprint density at radius 3 is 2.69 bits per heavy atom. The van der Waals surface area contributed by atoms with Crippen molar-refractivity contribution in [1.82, 2.24) is 20.3 Å². The first-order valence-electron chi connectivity index (χ1n) is 12.8. The van der Waals surface area contributed by atoms with Gasteiger partial charge in [-0.3, -0.25) is 9.78 Å². The lowest BCUT2D eigenvalue weighted by Gasteiger charge is -2.13. The lowest BCUT2D eigenvalue weighted by atomic mass is 10.1. The molecule has 4 heterocycles. The standard InChI is InChI=1S/C28H24BrF3N4O5S/c1-14(2)20-6-4-18(27(36-20)41-28(31)32)21-5-3-15-12-33-17(11-22(15)35-21)13-34-26(37)16-9-19(29)25-23(10-16)42(38,39)24(30)7-8-40-25/h3-6,9-12,14,24,28H,7-8,13H2,1-2H3,(H,34,37)/t24-/m1/s1. The molecule has 5 rings (SSSR count). The summed E-state index contributed by atoms with van der Waals surface area (Å²) < 4.78 is 76.1. The van der Waals surface area contributed by atoms with Crippen LogP contribution in [0.1, 0.15) is 47.9 Å². The van der Waals surface area contributed by atoms with Crippen molar-refractivity contribution in [1.29, 1.82) is 0 Å². The summed E-state index contributed by atoms with van der Waals surface area (Å²) in [6.07, 6.45) is 1.23. The maximum atomic E-state index is 14.3. The molecule has 1 aromatic carbocycles. The van der Waals surface area contributed by atoms with E-state index in [4.69, 9.17) is 4.74 Å². The number of aromatic nitrogens is 3. The lowest BCUT2D eigenvalue weighted by Crippen LogP contribution is -2.24. The second-order valence-electron chi connectivity index (χ2n) is 9.75. The van der Waals surface area contributed by atoms with Crippen molar-refractivity contribution >= 4 is 42.6 Å². The van der Waals surface area contributed by atoms with Crippen LogP contribution in [0.5, 0.6) is 11.6 Å². The minimum absolute atomic E-state index is 0.00209. The largest absolute Gasteiger partial charge is 0.491 e. The van der Waals surface area contributed by atoms with Gasteiger partial charge in [0.05, 0.1) is 40.1 Å². The van der Waals surface area contributed by atoms with Gasteiger partial charge in [0, 0.05) is 29.3 Å². The first-order chi connectivity index (χ1) is 19.9. The lowest BCUT2D eigenvalue weighted by molar-refractivity contribution is -0.0525. The van der Waals surface area contributed by atoms with Crippen molar-refractivity contribution in [3.8, 4) is 22.9 Å². The minimum Gasteiger partial charge on any atom is -0.491 e. The highest BCUT2D eigenvalue weighted by atomic mass is 79.9. The molecule has 1 N–H and O–H groups in total. The van der Waals surface area contributed by atoms with Gasteiger partial charge in [-0.15, -0.1) is 0 Å². The van der Waals surface area contributed by atoms with Crippen LogP contribution in [0.3, 0.4) is 0 Å². The van der Waals surface area contributed by atoms with Crippen molar-refractivity contribution in [3.05, 3.63) is 70.1 Å². The van der Waals surface area contributed by atoms with Gasteiger partial charge in [-0.25, -0.2) is 22.8 Å². The van der Waals surface area contributed by atoms with E-state index in [9.17, 15) is 26.4 Å². The van der Waals surface area contributed by atoms with Crippen molar-refractivity contribution in [2.75, 3.05) is 6.61 Å². The highest BCUT2D eigenvalue weighted by Gasteiger charge is 2.35. The molecule has 3 aromatic heterocycles. The molecule has 0 radical (unpaired) electrons. The summed E-state index contributed by atoms with van der Waals surface area (Å²) in [5.74, 6) is -0.899. The zero-order valence-electron chi connectivity index (χ0n) is 22.3. The van der Waals surface area contributed by atoms with E-state index < -0.39 is 32.8 Å². The van der Waals surface area contributed by atoms with E-state index in [2.05, 4.69) is 40.9 Å². The number of nitrogens with zero attached hydrogens (tertiary/aromatic N) is 3. The molecule has 0 fully saturated rings. The number of halogens is 4. The highest BCUT2D eigenvalue weighted by molar-refractivity contribution is 9.10. The number of amides is 1. The van der Waals surface area contributed by atoms with E-state index in [0.717, 1.165) is 6.07 Å². The van der Waals surface area contributed by atoms with Crippen LogP contribution in [0, 0.1) is 0 Å². The molecule has 1 amide bonds. The fourth-order valence-corrected chi connectivity index (χ4v) is 6.43. The van der Waals surface area contributed by atoms with Crippen LogP contribution in [0.25, 0.3) is 22.2 Å². The van der Waals surface area contributed by atoms with E-state index >= 15 is 0 Å². The normalized spacial score (nSPS) is 16.1. The summed E-state index contributed by atoms with van der Waals surface area (Å²) in [6, 6.07) is 10.8. The quantitative estimate of drug-likeness (QED) is 0.257. The van der Waals surface area contributed by atoms with E-state index in [1.165, 1.54) is 6.07 Å². The zero-order chi connectivity index (χ0) is 30.2. The number of alkyl halides is 3. The Balaban J connectivity index is 1.40. The molecule has 1 aliphatic rings. The molecule has 0 spiro atoms. The van der Waals surface area contributed by atoms with Gasteiger partial charge in [0.1, 0.15) is 4.90 Å². The highest BCUT2D eigenvalue weighted by Crippen LogP contribution is 2.39. The Bertz CT molecular complexity index is 1790. The first kappa shape index (κ1) is 29.7. The topological polar surface area (TPSA) is 120 Å². The van der Waals surface area contributed by atoms with Crippen LogP contribution >= 0.6 is 15.9 Å². The molecule has 1 aliphatic heterocycles. The fraction of sp³-hybridized carbons (Fsp3) is 0.286. The maximum absolute atomic E-state index is 14.3. The number of pyridine rings is 3. The number of fused-ring (bicyclic) bond motifs is 2. The summed E-state index contributed by atoms with van der Waals surface area (Å²) in [6.45, 7) is 0.536. The fourth-order valence-electron chi connectivity index (χ4n) is 4.32. The molecule has 42 heavy (non-hydrogen) atoms. The van der Waals surface area contributed by atoms with Crippen molar-refractivity contribution < 1.29 is 35.9 Å². The molecule has 0 saturated carbocycles. The Kier molecular flexibility index (Phi) is 8.37. The number of carbonyl (C=O) groups excluding carboxylic acids is 1. The predicted octanol–water partition coefficient (Wildman–Crippen LogP) is 5.96. The van der Waals surface area contributed by atoms with Crippen LogP contribution in [0.15, 0.2) is 58.0 Å². The Morgan fingerprint density at radius 2 is 1.95 bits per heavy atom. The minimum atomic E-state index is -4.35. The number of carbonyl (C=O) groups is 1. The molecular weight excluding hydrogens is 641 g/mol. The van der Waals surface area contributed by atoms with E-state index in [1.807, 2.05) is 13.8 Å². The Hall–Kier alpha value is -3.78. The van der Waals surface area contributed by atoms with Crippen LogP contribution in [-0.4, -0.2) is 48.0 Å². The van der Waals surface area contributed by atoms with Gasteiger partial charge in [0.15, 0.2) is 5.75 Å². The van der Waals surface area contributed by atoms with Gasteiger partial charge < -0.3 is 14.8 Å². The Labute approximate surface area is 247 Å². The van der Waals surface area contributed by atoms with E-state index in [1.54, 1.807) is 36.5 Å². The first-order valence-corrected chi connectivity index (χ1v) is 15.1. The molecular formula is C28H24BrF3N4O5S. The average Bonchev–Trinajstić information content (AvgIpc) is 3.06. The van der Waals surface area contributed by atoms with Crippen LogP contribution in [0.2, 0.25) is 0 Å². The van der Waals surface area contributed by atoms with E-state index in [0.29, 0.717) is 28.0 Å². The molecule has 9 nitrogen and oxygen atoms in total. The second kappa shape index (κ2) is 11.8. The molecule has 0 aliphatic carbocycles. The molecule has 0 saturated heterocycles. The summed E-state index contributed by atoms with van der Waals surface area (Å²) in [5, 5.41) is 3.33. The van der Waals surface area contributed by atoms with Gasteiger partial charge in [-0.1, -0.05) is 13.8 Å². The molecule has 1 atom stereocenters. The third-order valence-corrected chi connectivity index (χ3v) is 8.93. The van der Waals surface area contributed by atoms with Crippen molar-refractivity contribution in [3.63, 3.8) is 0 Å². The van der Waals surface area contributed by atoms with Gasteiger partial charge >= 0.3 is 6.61 Å². The summed E-state index contributed by atoms with van der Waals surface area (Å²) in [5.41, 5.74) is -0.0344. The number of sulfone groups is 1. The number of rotatable bonds is 7. The molecule has 0 bridgehead atoms. The molecule has 220 valence electrons. The van der Waals surface area contributed by atoms with Gasteiger partial charge in [-0.05, 0) is 64.3 Å². The van der Waals surface area contributed by atoms with Crippen molar-refractivity contribution in [2.24, 2.45) is 0 Å². The Morgan fingerprint density at radius 1 is 1.17 bits per heavy atom. The third-order valence-electron chi connectivity index (χ3n) is 6.52. The molecule has 4 aromatic rings. The van der Waals surface area contributed by atoms with Gasteiger partial charge in [-0.2, -0.15) is 8.78 Å². The SMILES string of the molecule is CC(C)c1ccc(-c2ccc3cnc(CNC(=O)c4cc(Br)c5c(c4)S(=O)(=O)[C@@H](F)CCO5)cc3n2)c(OC(F)F)n1. The van der Waals surface area contributed by atoms with Crippen LogP contribution in [0.4, 0.5) is 13.2 Å². The van der Waals surface area contributed by atoms with Crippen LogP contribution in [-0.2, 0) is 16.4 Å². The predicted molar refractivity (Wildman–Crippen MR) is 151 cm³/mol. The zero-order valence-corrected chi connectivity index (χ0v) is 24.7. The molecule has 0 unspecified atom stereocenters.